The molecule has 0 spiro atoms. The normalized spacial score (nSPS) is 14.3. The molecule has 3 rings (SSSR count). The van der Waals surface area contributed by atoms with E-state index in [1.807, 2.05) is 31.2 Å². The lowest BCUT2D eigenvalue weighted by Gasteiger charge is -2.08. The summed E-state index contributed by atoms with van der Waals surface area (Å²) in [7, 11) is 0. The lowest BCUT2D eigenvalue weighted by molar-refractivity contribution is 0.258. The quantitative estimate of drug-likeness (QED) is 0.899. The second-order valence-electron chi connectivity index (χ2n) is 4.51. The number of aryl methyl sites for hydroxylation is 1. The van der Waals surface area contributed by atoms with Gasteiger partial charge in [-0.2, -0.15) is 0 Å². The largest absolute Gasteiger partial charge is 0.484 e. The van der Waals surface area contributed by atoms with Gasteiger partial charge in [0.25, 0.3) is 0 Å². The maximum atomic E-state index is 5.68. The summed E-state index contributed by atoms with van der Waals surface area (Å²) < 4.78 is 11.4. The van der Waals surface area contributed by atoms with Gasteiger partial charge in [-0.15, -0.1) is 0 Å². The number of benzene rings is 1. The second-order valence-corrected chi connectivity index (χ2v) is 4.51. The van der Waals surface area contributed by atoms with Crippen LogP contribution in [0.2, 0.25) is 0 Å². The van der Waals surface area contributed by atoms with Crippen molar-refractivity contribution in [3.05, 3.63) is 47.2 Å². The minimum atomic E-state index is 0.385. The van der Waals surface area contributed by atoms with Crippen LogP contribution in [-0.2, 0) is 19.6 Å². The highest BCUT2D eigenvalue weighted by Crippen LogP contribution is 2.18. The third-order valence-electron chi connectivity index (χ3n) is 3.00. The molecule has 0 bridgehead atoms. The van der Waals surface area contributed by atoms with Gasteiger partial charge in [-0.05, 0) is 24.6 Å². The van der Waals surface area contributed by atoms with Crippen LogP contribution in [0, 0.1) is 6.92 Å². The number of nitrogens with one attached hydrogen (secondary N) is 1. The summed E-state index contributed by atoms with van der Waals surface area (Å²) >= 11 is 0. The molecule has 1 aromatic carbocycles. The minimum absolute atomic E-state index is 0.385. The van der Waals surface area contributed by atoms with Crippen molar-refractivity contribution in [2.24, 2.45) is 0 Å². The molecular weight excluding hydrogens is 228 g/mol. The van der Waals surface area contributed by atoms with Gasteiger partial charge in [0, 0.05) is 19.5 Å². The van der Waals surface area contributed by atoms with Gasteiger partial charge < -0.3 is 14.5 Å². The molecule has 94 valence electrons. The molecule has 1 aliphatic rings. The molecule has 18 heavy (non-hydrogen) atoms. The summed E-state index contributed by atoms with van der Waals surface area (Å²) in [6.45, 7) is 4.18. The molecule has 0 radical (unpaired) electrons. The van der Waals surface area contributed by atoms with Gasteiger partial charge in [0.15, 0.2) is 6.61 Å². The van der Waals surface area contributed by atoms with E-state index in [1.54, 1.807) is 0 Å². The first-order valence-corrected chi connectivity index (χ1v) is 6.19. The Labute approximate surface area is 106 Å². The van der Waals surface area contributed by atoms with Crippen LogP contribution in [0.15, 0.2) is 28.7 Å². The Balaban J connectivity index is 1.68. The van der Waals surface area contributed by atoms with Crippen molar-refractivity contribution >= 4 is 0 Å². The van der Waals surface area contributed by atoms with Crippen LogP contribution in [0.4, 0.5) is 0 Å². The number of ether oxygens (including phenoxy) is 1. The zero-order chi connectivity index (χ0) is 12.4. The van der Waals surface area contributed by atoms with Crippen LogP contribution in [0.3, 0.4) is 0 Å². The monoisotopic (exact) mass is 244 g/mol. The fraction of sp³-hybridized carbons (Fsp3) is 0.357. The maximum Gasteiger partial charge on any atom is 0.232 e. The molecule has 4 nitrogen and oxygen atoms in total. The van der Waals surface area contributed by atoms with Crippen LogP contribution in [0.1, 0.15) is 22.9 Å². The number of aromatic nitrogens is 1. The molecule has 1 N–H and O–H groups in total. The van der Waals surface area contributed by atoms with Crippen molar-refractivity contribution in [1.82, 2.24) is 10.3 Å². The summed E-state index contributed by atoms with van der Waals surface area (Å²) in [6, 6.07) is 7.97. The average Bonchev–Trinajstić information content (AvgIpc) is 2.79. The predicted octanol–water partition coefficient (Wildman–Crippen LogP) is 2.21. The van der Waals surface area contributed by atoms with E-state index in [2.05, 4.69) is 10.3 Å². The third-order valence-corrected chi connectivity index (χ3v) is 3.00. The molecular formula is C14H16N2O2. The topological polar surface area (TPSA) is 47.3 Å². The molecule has 0 aliphatic carbocycles. The van der Waals surface area contributed by atoms with E-state index in [4.69, 9.17) is 9.15 Å². The zero-order valence-electron chi connectivity index (χ0n) is 10.4. The lowest BCUT2D eigenvalue weighted by Crippen LogP contribution is -2.22. The molecule has 0 atom stereocenters. The van der Waals surface area contributed by atoms with E-state index in [-0.39, 0.29) is 0 Å². The van der Waals surface area contributed by atoms with Crippen LogP contribution >= 0.6 is 0 Å². The van der Waals surface area contributed by atoms with Crippen molar-refractivity contribution in [2.75, 3.05) is 6.54 Å². The Morgan fingerprint density at radius 3 is 3.22 bits per heavy atom. The number of hydrogen-bond acceptors (Lipinski definition) is 4. The van der Waals surface area contributed by atoms with Crippen LogP contribution < -0.4 is 10.1 Å². The van der Waals surface area contributed by atoms with Gasteiger partial charge >= 0.3 is 0 Å². The molecule has 4 heteroatoms. The fourth-order valence-electron chi connectivity index (χ4n) is 2.09. The Morgan fingerprint density at radius 2 is 2.39 bits per heavy atom. The molecule has 2 aromatic rings. The van der Waals surface area contributed by atoms with E-state index in [0.717, 1.165) is 36.7 Å². The Morgan fingerprint density at radius 1 is 1.44 bits per heavy atom. The highest BCUT2D eigenvalue weighted by molar-refractivity contribution is 5.27. The minimum Gasteiger partial charge on any atom is -0.484 e. The zero-order valence-corrected chi connectivity index (χ0v) is 10.4. The number of rotatable bonds is 3. The summed E-state index contributed by atoms with van der Waals surface area (Å²) in [5, 5.41) is 3.27. The van der Waals surface area contributed by atoms with E-state index >= 15 is 0 Å². The number of oxazole rings is 1. The Bertz CT molecular complexity index is 525. The molecule has 1 aliphatic heterocycles. The summed E-state index contributed by atoms with van der Waals surface area (Å²) in [5.74, 6) is 2.51. The van der Waals surface area contributed by atoms with Crippen LogP contribution in [0.25, 0.3) is 0 Å². The smallest absolute Gasteiger partial charge is 0.232 e. The molecule has 0 unspecified atom stereocenters. The Hall–Kier alpha value is -1.81. The Kier molecular flexibility index (Phi) is 3.02. The first kappa shape index (κ1) is 11.3. The van der Waals surface area contributed by atoms with Gasteiger partial charge in [-0.25, -0.2) is 4.98 Å². The highest BCUT2D eigenvalue weighted by atomic mass is 16.5. The first-order chi connectivity index (χ1) is 8.81. The van der Waals surface area contributed by atoms with Crippen molar-refractivity contribution in [3.63, 3.8) is 0 Å². The average molecular weight is 244 g/mol. The number of fused-ring (bicyclic) bond motifs is 1. The van der Waals surface area contributed by atoms with Crippen molar-refractivity contribution in [1.29, 1.82) is 0 Å². The fourth-order valence-corrected chi connectivity index (χ4v) is 2.09. The van der Waals surface area contributed by atoms with E-state index < -0.39 is 0 Å². The number of hydrogen-bond donors (Lipinski definition) is 1. The molecule has 2 heterocycles. The van der Waals surface area contributed by atoms with Gasteiger partial charge in [0.2, 0.25) is 5.89 Å². The van der Waals surface area contributed by atoms with E-state index in [0.29, 0.717) is 12.5 Å². The number of nitrogens with zero attached hydrogens (tertiary/aromatic N) is 1. The SMILES string of the molecule is Cc1cccc(OCc2nc3c(o2)CCNC3)c1. The van der Waals surface area contributed by atoms with Gasteiger partial charge in [-0.3, -0.25) is 0 Å². The first-order valence-electron chi connectivity index (χ1n) is 6.19. The van der Waals surface area contributed by atoms with E-state index in [1.165, 1.54) is 5.56 Å². The molecule has 0 saturated carbocycles. The maximum absolute atomic E-state index is 5.68. The van der Waals surface area contributed by atoms with E-state index in [9.17, 15) is 0 Å². The summed E-state index contributed by atoms with van der Waals surface area (Å²) in [6.07, 6.45) is 0.910. The molecule has 0 fully saturated rings. The second kappa shape index (κ2) is 4.82. The lowest BCUT2D eigenvalue weighted by atomic mass is 10.2. The molecule has 0 saturated heterocycles. The molecule has 1 aromatic heterocycles. The van der Waals surface area contributed by atoms with Crippen LogP contribution in [-0.4, -0.2) is 11.5 Å². The highest BCUT2D eigenvalue weighted by Gasteiger charge is 2.16. The standard InChI is InChI=1S/C14H16N2O2/c1-10-3-2-4-11(7-10)17-9-14-16-12-8-15-6-5-13(12)18-14/h2-4,7,15H,5-6,8-9H2,1H3. The van der Waals surface area contributed by atoms with Crippen molar-refractivity contribution in [3.8, 4) is 5.75 Å². The van der Waals surface area contributed by atoms with Gasteiger partial charge in [0.1, 0.15) is 11.5 Å². The predicted molar refractivity (Wildman–Crippen MR) is 67.4 cm³/mol. The van der Waals surface area contributed by atoms with Crippen molar-refractivity contribution < 1.29 is 9.15 Å². The van der Waals surface area contributed by atoms with Crippen LogP contribution in [0.5, 0.6) is 5.75 Å². The molecule has 0 amide bonds. The summed E-state index contributed by atoms with van der Waals surface area (Å²) in [5.41, 5.74) is 2.20. The van der Waals surface area contributed by atoms with Gasteiger partial charge in [0.05, 0.1) is 5.69 Å². The summed E-state index contributed by atoms with van der Waals surface area (Å²) in [4.78, 5) is 4.43. The third kappa shape index (κ3) is 2.38. The van der Waals surface area contributed by atoms with Gasteiger partial charge in [-0.1, -0.05) is 12.1 Å². The van der Waals surface area contributed by atoms with Crippen molar-refractivity contribution in [2.45, 2.75) is 26.5 Å².